The van der Waals surface area contributed by atoms with Crippen molar-refractivity contribution >= 4 is 52.7 Å². The summed E-state index contributed by atoms with van der Waals surface area (Å²) in [7, 11) is 0. The second-order valence-electron chi connectivity index (χ2n) is 7.28. The van der Waals surface area contributed by atoms with E-state index in [-0.39, 0.29) is 23.3 Å². The Morgan fingerprint density at radius 3 is 2.48 bits per heavy atom. The maximum absolute atomic E-state index is 13.3. The fourth-order valence-electron chi connectivity index (χ4n) is 3.47. The Kier molecular flexibility index (Phi) is 6.44. The highest BCUT2D eigenvalue weighted by molar-refractivity contribution is 6.35. The molecular formula is C25H15Cl3N2O3. The summed E-state index contributed by atoms with van der Waals surface area (Å²) < 4.78 is 5.87. The average Bonchev–Trinajstić information content (AvgIpc) is 3.26. The van der Waals surface area contributed by atoms with Gasteiger partial charge in [-0.05, 0) is 60.5 Å². The van der Waals surface area contributed by atoms with Crippen LogP contribution < -0.4 is 0 Å². The minimum atomic E-state index is -0.664. The molecule has 0 radical (unpaired) electrons. The summed E-state index contributed by atoms with van der Waals surface area (Å²) in [5.74, 6) is -0.394. The number of benzene rings is 2. The van der Waals surface area contributed by atoms with E-state index in [0.29, 0.717) is 37.7 Å². The summed E-state index contributed by atoms with van der Waals surface area (Å²) in [4.78, 5) is 27.1. The molecule has 0 spiro atoms. The lowest BCUT2D eigenvalue weighted by molar-refractivity contribution is -0.141. The summed E-state index contributed by atoms with van der Waals surface area (Å²) in [5.41, 5.74) is 1.53. The zero-order valence-electron chi connectivity index (χ0n) is 17.2. The third-order valence-electron chi connectivity index (χ3n) is 5.22. The van der Waals surface area contributed by atoms with Crippen molar-refractivity contribution in [2.75, 3.05) is 0 Å². The van der Waals surface area contributed by atoms with E-state index < -0.39 is 11.8 Å². The van der Waals surface area contributed by atoms with E-state index in [4.69, 9.17) is 39.2 Å². The smallest absolute Gasteiger partial charge is 0.271 e. The van der Waals surface area contributed by atoms with E-state index in [1.54, 1.807) is 61.5 Å². The maximum Gasteiger partial charge on any atom is 0.271 e. The fourth-order valence-corrected chi connectivity index (χ4v) is 4.05. The number of rotatable bonds is 4. The molecule has 0 unspecified atom stereocenters. The number of furan rings is 1. The molecule has 0 saturated heterocycles. The molecule has 0 saturated carbocycles. The monoisotopic (exact) mass is 496 g/mol. The third kappa shape index (κ3) is 4.46. The molecule has 4 rings (SSSR count). The first-order valence-electron chi connectivity index (χ1n) is 9.78. The summed E-state index contributed by atoms with van der Waals surface area (Å²) in [6.07, 6.45) is 1.50. The van der Waals surface area contributed by atoms with Gasteiger partial charge < -0.3 is 4.42 Å². The van der Waals surface area contributed by atoms with Crippen molar-refractivity contribution in [3.63, 3.8) is 0 Å². The van der Waals surface area contributed by atoms with Crippen LogP contribution in [0.2, 0.25) is 15.1 Å². The van der Waals surface area contributed by atoms with Gasteiger partial charge in [-0.3, -0.25) is 14.5 Å². The van der Waals surface area contributed by atoms with Gasteiger partial charge in [-0.25, -0.2) is 0 Å². The van der Waals surface area contributed by atoms with Crippen LogP contribution in [0, 0.1) is 11.3 Å². The second-order valence-corrected chi connectivity index (χ2v) is 8.53. The van der Waals surface area contributed by atoms with E-state index >= 15 is 0 Å². The van der Waals surface area contributed by atoms with Crippen LogP contribution in [-0.4, -0.2) is 16.7 Å². The van der Waals surface area contributed by atoms with Crippen LogP contribution in [0.25, 0.3) is 17.4 Å². The topological polar surface area (TPSA) is 74.3 Å². The van der Waals surface area contributed by atoms with Crippen molar-refractivity contribution in [3.8, 4) is 17.4 Å². The third-order valence-corrected chi connectivity index (χ3v) is 6.15. The summed E-state index contributed by atoms with van der Waals surface area (Å²) in [5, 5.41) is 11.0. The van der Waals surface area contributed by atoms with Gasteiger partial charge in [0.05, 0.1) is 11.6 Å². The SMILES string of the molecule is CC1=C(C#N)C(=O)N(Cc2ccccc2Cl)C(=O)/C1=C/c1ccc(-c2cc(Cl)ccc2Cl)o1. The van der Waals surface area contributed by atoms with Gasteiger partial charge in [-0.15, -0.1) is 0 Å². The van der Waals surface area contributed by atoms with Crippen molar-refractivity contribution < 1.29 is 14.0 Å². The largest absolute Gasteiger partial charge is 0.457 e. The number of imide groups is 1. The molecule has 2 amide bonds. The highest BCUT2D eigenvalue weighted by Gasteiger charge is 2.36. The van der Waals surface area contributed by atoms with Gasteiger partial charge in [-0.1, -0.05) is 53.0 Å². The number of carbonyl (C=O) groups is 2. The average molecular weight is 498 g/mol. The van der Waals surface area contributed by atoms with Gasteiger partial charge in [0.25, 0.3) is 11.8 Å². The Morgan fingerprint density at radius 2 is 1.76 bits per heavy atom. The molecule has 0 fully saturated rings. The predicted octanol–water partition coefficient (Wildman–Crippen LogP) is 6.70. The Morgan fingerprint density at radius 1 is 1.00 bits per heavy atom. The number of hydrogen-bond acceptors (Lipinski definition) is 4. The van der Waals surface area contributed by atoms with Crippen molar-refractivity contribution in [1.29, 1.82) is 5.26 Å². The van der Waals surface area contributed by atoms with Crippen molar-refractivity contribution in [3.05, 3.63) is 97.7 Å². The lowest BCUT2D eigenvalue weighted by Crippen LogP contribution is -2.42. The van der Waals surface area contributed by atoms with Crippen LogP contribution in [0.3, 0.4) is 0 Å². The standard InChI is InChI=1S/C25H15Cl3N2O3/c1-14-18(11-17-7-9-23(33-17)19-10-16(26)6-8-22(19)28)24(31)30(25(32)20(14)12-29)13-15-4-2-3-5-21(15)27/h2-11H,13H2,1H3/b18-11+. The Labute approximate surface area is 205 Å². The number of nitrogens with zero attached hydrogens (tertiary/aromatic N) is 2. The molecule has 2 aromatic carbocycles. The van der Waals surface area contributed by atoms with Crippen molar-refractivity contribution in [2.24, 2.45) is 0 Å². The molecule has 5 nitrogen and oxygen atoms in total. The van der Waals surface area contributed by atoms with Gasteiger partial charge >= 0.3 is 0 Å². The van der Waals surface area contributed by atoms with Gasteiger partial charge in [0.15, 0.2) is 0 Å². The molecule has 1 aromatic heterocycles. The Hall–Kier alpha value is -3.30. The van der Waals surface area contributed by atoms with Crippen LogP contribution in [0.1, 0.15) is 18.2 Å². The molecule has 0 atom stereocenters. The lowest BCUT2D eigenvalue weighted by Gasteiger charge is -2.27. The van der Waals surface area contributed by atoms with Crippen molar-refractivity contribution in [2.45, 2.75) is 13.5 Å². The van der Waals surface area contributed by atoms with Crippen LogP contribution >= 0.6 is 34.8 Å². The molecule has 164 valence electrons. The molecule has 0 aliphatic carbocycles. The number of carbonyl (C=O) groups excluding carboxylic acids is 2. The quantitative estimate of drug-likeness (QED) is 0.297. The van der Waals surface area contributed by atoms with Crippen LogP contribution in [0.4, 0.5) is 0 Å². The van der Waals surface area contributed by atoms with Gasteiger partial charge in [0.2, 0.25) is 0 Å². The number of nitriles is 1. The Bertz CT molecular complexity index is 1400. The van der Waals surface area contributed by atoms with Crippen LogP contribution in [0.5, 0.6) is 0 Å². The predicted molar refractivity (Wildman–Crippen MR) is 127 cm³/mol. The van der Waals surface area contributed by atoms with E-state index in [1.165, 1.54) is 6.08 Å². The van der Waals surface area contributed by atoms with Crippen LogP contribution in [0.15, 0.2) is 75.7 Å². The van der Waals surface area contributed by atoms with Gasteiger partial charge in [-0.2, -0.15) is 5.26 Å². The first kappa shape index (κ1) is 22.9. The number of hydrogen-bond donors (Lipinski definition) is 0. The minimum absolute atomic E-state index is 0.0608. The minimum Gasteiger partial charge on any atom is -0.457 e. The molecule has 2 heterocycles. The molecule has 33 heavy (non-hydrogen) atoms. The van der Waals surface area contributed by atoms with E-state index in [9.17, 15) is 14.9 Å². The first-order valence-corrected chi connectivity index (χ1v) is 10.9. The molecule has 1 aliphatic heterocycles. The van der Waals surface area contributed by atoms with E-state index in [2.05, 4.69) is 0 Å². The maximum atomic E-state index is 13.3. The zero-order valence-corrected chi connectivity index (χ0v) is 19.5. The summed E-state index contributed by atoms with van der Waals surface area (Å²) in [6, 6.07) is 17.2. The van der Waals surface area contributed by atoms with Gasteiger partial charge in [0, 0.05) is 21.2 Å². The lowest BCUT2D eigenvalue weighted by atomic mass is 9.94. The number of amides is 2. The van der Waals surface area contributed by atoms with E-state index in [0.717, 1.165) is 4.90 Å². The Balaban J connectivity index is 1.74. The fraction of sp³-hybridized carbons (Fsp3) is 0.0800. The first-order chi connectivity index (χ1) is 15.8. The highest BCUT2D eigenvalue weighted by Crippen LogP contribution is 2.34. The molecule has 0 bridgehead atoms. The molecular weight excluding hydrogens is 483 g/mol. The highest BCUT2D eigenvalue weighted by atomic mass is 35.5. The molecule has 0 N–H and O–H groups in total. The normalized spacial score (nSPS) is 15.4. The molecule has 8 heteroatoms. The molecule has 3 aromatic rings. The zero-order chi connectivity index (χ0) is 23.7. The number of halogens is 3. The second kappa shape index (κ2) is 9.29. The van der Waals surface area contributed by atoms with Gasteiger partial charge in [0.1, 0.15) is 23.2 Å². The van der Waals surface area contributed by atoms with Crippen LogP contribution in [-0.2, 0) is 16.1 Å². The van der Waals surface area contributed by atoms with Crippen molar-refractivity contribution in [1.82, 2.24) is 4.90 Å². The summed E-state index contributed by atoms with van der Waals surface area (Å²) in [6.45, 7) is 1.50. The summed E-state index contributed by atoms with van der Waals surface area (Å²) >= 11 is 18.5. The molecule has 1 aliphatic rings. The van der Waals surface area contributed by atoms with E-state index in [1.807, 2.05) is 6.07 Å².